The van der Waals surface area contributed by atoms with E-state index in [9.17, 15) is 9.50 Å². The number of thiazole rings is 1. The number of hydrogen-bond donors (Lipinski definition) is 1. The minimum atomic E-state index is -0.780. The second-order valence-corrected chi connectivity index (χ2v) is 7.83. The van der Waals surface area contributed by atoms with Gasteiger partial charge in [-0.15, -0.1) is 11.3 Å². The number of pyridine rings is 1. The lowest BCUT2D eigenvalue weighted by Crippen LogP contribution is -2.38. The van der Waals surface area contributed by atoms with Crippen LogP contribution in [0.2, 0.25) is 0 Å². The van der Waals surface area contributed by atoms with Gasteiger partial charge in [0, 0.05) is 42.8 Å². The zero-order valence-corrected chi connectivity index (χ0v) is 15.8. The van der Waals surface area contributed by atoms with Crippen LogP contribution in [-0.4, -0.2) is 57.2 Å². The van der Waals surface area contributed by atoms with Crippen molar-refractivity contribution < 1.29 is 9.50 Å². The van der Waals surface area contributed by atoms with Crippen molar-refractivity contribution in [1.29, 1.82) is 0 Å². The molecule has 0 bridgehead atoms. The van der Waals surface area contributed by atoms with Gasteiger partial charge in [0.25, 0.3) is 0 Å². The Morgan fingerprint density at radius 2 is 2.20 bits per heavy atom. The summed E-state index contributed by atoms with van der Waals surface area (Å²) in [6.45, 7) is 6.43. The van der Waals surface area contributed by atoms with Crippen molar-refractivity contribution in [1.82, 2.24) is 19.8 Å². The smallest absolute Gasteiger partial charge is 0.138 e. The summed E-state index contributed by atoms with van der Waals surface area (Å²) >= 11 is 1.63. The Morgan fingerprint density at radius 1 is 1.40 bits per heavy atom. The van der Waals surface area contributed by atoms with Crippen molar-refractivity contribution >= 4 is 11.3 Å². The lowest BCUT2D eigenvalue weighted by atomic mass is 10.2. The lowest BCUT2D eigenvalue weighted by molar-refractivity contribution is 0.180. The molecule has 0 aromatic carbocycles. The van der Waals surface area contributed by atoms with Crippen LogP contribution in [0.15, 0.2) is 17.6 Å². The number of alkyl halides is 1. The van der Waals surface area contributed by atoms with E-state index in [1.807, 2.05) is 26.4 Å². The van der Waals surface area contributed by atoms with E-state index in [2.05, 4.69) is 19.8 Å². The molecule has 3 heterocycles. The van der Waals surface area contributed by atoms with E-state index >= 15 is 0 Å². The largest absolute Gasteiger partial charge is 0.506 e. The zero-order chi connectivity index (χ0) is 18.0. The fraction of sp³-hybridized carbons (Fsp3) is 0.556. The van der Waals surface area contributed by atoms with Gasteiger partial charge in [-0.2, -0.15) is 0 Å². The Morgan fingerprint density at radius 3 is 2.92 bits per heavy atom. The van der Waals surface area contributed by atoms with Crippen LogP contribution in [0.1, 0.15) is 28.4 Å². The average molecular weight is 364 g/mol. The summed E-state index contributed by atoms with van der Waals surface area (Å²) in [4.78, 5) is 14.2. The zero-order valence-electron chi connectivity index (χ0n) is 14.9. The molecule has 1 aliphatic rings. The van der Waals surface area contributed by atoms with Crippen molar-refractivity contribution in [3.05, 3.63) is 39.6 Å². The highest BCUT2D eigenvalue weighted by Gasteiger charge is 2.33. The second-order valence-electron chi connectivity index (χ2n) is 6.89. The molecule has 2 atom stereocenters. The summed E-state index contributed by atoms with van der Waals surface area (Å²) in [6.07, 6.45) is -0.229. The SMILES string of the molecule is Cc1ccc(O)c(CN(C)C[C@@H]2C[C@H](F)CN2Cc2scnc2C)n1. The first-order valence-electron chi connectivity index (χ1n) is 8.53. The van der Waals surface area contributed by atoms with E-state index in [1.165, 1.54) is 4.88 Å². The molecule has 25 heavy (non-hydrogen) atoms. The number of aromatic nitrogens is 2. The van der Waals surface area contributed by atoms with Crippen molar-refractivity contribution in [3.8, 4) is 5.75 Å². The number of likely N-dealkylation sites (N-methyl/N-ethyl adjacent to an activating group) is 1. The van der Waals surface area contributed by atoms with Crippen LogP contribution in [0.25, 0.3) is 0 Å². The Hall–Kier alpha value is -1.57. The molecule has 0 amide bonds. The molecule has 136 valence electrons. The van der Waals surface area contributed by atoms with E-state index < -0.39 is 6.17 Å². The van der Waals surface area contributed by atoms with Crippen LogP contribution < -0.4 is 0 Å². The van der Waals surface area contributed by atoms with Gasteiger partial charge in [-0.05, 0) is 39.4 Å². The first kappa shape index (κ1) is 18.2. The van der Waals surface area contributed by atoms with Crippen molar-refractivity contribution in [2.75, 3.05) is 20.1 Å². The number of rotatable bonds is 6. The van der Waals surface area contributed by atoms with Crippen molar-refractivity contribution in [3.63, 3.8) is 0 Å². The lowest BCUT2D eigenvalue weighted by Gasteiger charge is -2.28. The maximum absolute atomic E-state index is 14.0. The molecule has 2 aromatic heterocycles. The fourth-order valence-electron chi connectivity index (χ4n) is 3.37. The number of nitrogens with zero attached hydrogens (tertiary/aromatic N) is 4. The van der Waals surface area contributed by atoms with Crippen molar-refractivity contribution in [2.24, 2.45) is 0 Å². The van der Waals surface area contributed by atoms with Crippen LogP contribution in [0.5, 0.6) is 5.75 Å². The Balaban J connectivity index is 1.63. The highest BCUT2D eigenvalue weighted by Crippen LogP contribution is 2.26. The third kappa shape index (κ3) is 4.54. The normalized spacial score (nSPS) is 21.3. The van der Waals surface area contributed by atoms with Crippen LogP contribution in [0.4, 0.5) is 4.39 Å². The summed E-state index contributed by atoms with van der Waals surface area (Å²) in [5, 5.41) is 9.98. The molecule has 0 spiro atoms. The first-order chi connectivity index (χ1) is 11.9. The molecular weight excluding hydrogens is 339 g/mol. The maximum atomic E-state index is 14.0. The summed E-state index contributed by atoms with van der Waals surface area (Å²) in [7, 11) is 1.99. The van der Waals surface area contributed by atoms with Gasteiger partial charge in [0.05, 0.1) is 16.9 Å². The standard InChI is InChI=1S/C18H25FN4OS/c1-12-4-5-17(24)16(21-12)9-22(3)8-15-6-14(19)7-23(15)10-18-13(2)20-11-25-18/h4-5,11,14-15,24H,6-10H2,1-3H3/t14-,15-/m0/s1. The van der Waals surface area contributed by atoms with Gasteiger partial charge >= 0.3 is 0 Å². The van der Waals surface area contributed by atoms with Gasteiger partial charge in [0.2, 0.25) is 0 Å². The predicted molar refractivity (Wildman–Crippen MR) is 97.5 cm³/mol. The number of aryl methyl sites for hydroxylation is 2. The van der Waals surface area contributed by atoms with Gasteiger partial charge in [0.1, 0.15) is 11.9 Å². The molecule has 1 N–H and O–H groups in total. The quantitative estimate of drug-likeness (QED) is 0.854. The first-order valence-corrected chi connectivity index (χ1v) is 9.41. The Kier molecular flexibility index (Phi) is 5.66. The summed E-state index contributed by atoms with van der Waals surface area (Å²) in [6, 6.07) is 3.63. The molecule has 1 saturated heterocycles. The maximum Gasteiger partial charge on any atom is 0.138 e. The number of halogens is 1. The molecule has 0 radical (unpaired) electrons. The van der Waals surface area contributed by atoms with E-state index in [0.29, 0.717) is 25.2 Å². The molecule has 2 aromatic rings. The second kappa shape index (κ2) is 7.76. The number of aromatic hydroxyl groups is 1. The van der Waals surface area contributed by atoms with E-state index in [0.717, 1.165) is 24.5 Å². The van der Waals surface area contributed by atoms with Crippen LogP contribution >= 0.6 is 11.3 Å². The van der Waals surface area contributed by atoms with Gasteiger partial charge in [-0.1, -0.05) is 0 Å². The molecule has 3 rings (SSSR count). The topological polar surface area (TPSA) is 52.5 Å². The fourth-order valence-corrected chi connectivity index (χ4v) is 4.17. The van der Waals surface area contributed by atoms with Crippen LogP contribution in [0, 0.1) is 13.8 Å². The molecule has 1 aliphatic heterocycles. The molecule has 0 unspecified atom stereocenters. The summed E-state index contributed by atoms with van der Waals surface area (Å²) < 4.78 is 14.0. The van der Waals surface area contributed by atoms with Gasteiger partial charge in [-0.25, -0.2) is 9.37 Å². The minimum Gasteiger partial charge on any atom is -0.506 e. The highest BCUT2D eigenvalue weighted by molar-refractivity contribution is 7.09. The highest BCUT2D eigenvalue weighted by atomic mass is 32.1. The predicted octanol–water partition coefficient (Wildman–Crippen LogP) is 2.90. The van der Waals surface area contributed by atoms with E-state index in [4.69, 9.17) is 0 Å². The number of likely N-dealkylation sites (tertiary alicyclic amines) is 1. The molecule has 7 heteroatoms. The minimum absolute atomic E-state index is 0.161. The van der Waals surface area contributed by atoms with Gasteiger partial charge in [-0.3, -0.25) is 14.8 Å². The van der Waals surface area contributed by atoms with E-state index in [-0.39, 0.29) is 11.8 Å². The summed E-state index contributed by atoms with van der Waals surface area (Å²) in [5.41, 5.74) is 4.43. The third-order valence-corrected chi connectivity index (χ3v) is 5.62. The monoisotopic (exact) mass is 364 g/mol. The van der Waals surface area contributed by atoms with Crippen molar-refractivity contribution in [2.45, 2.75) is 45.6 Å². The van der Waals surface area contributed by atoms with E-state index in [1.54, 1.807) is 23.5 Å². The van der Waals surface area contributed by atoms with Gasteiger partial charge < -0.3 is 5.11 Å². The Bertz CT molecular complexity index is 723. The van der Waals surface area contributed by atoms with Crippen LogP contribution in [0.3, 0.4) is 0 Å². The average Bonchev–Trinajstić information content (AvgIpc) is 3.09. The Labute approximate surface area is 152 Å². The summed E-state index contributed by atoms with van der Waals surface area (Å²) in [5.74, 6) is 0.212. The molecule has 5 nitrogen and oxygen atoms in total. The third-order valence-electron chi connectivity index (χ3n) is 4.70. The molecule has 0 saturated carbocycles. The van der Waals surface area contributed by atoms with Crippen LogP contribution in [-0.2, 0) is 13.1 Å². The molecular formula is C18H25FN4OS. The van der Waals surface area contributed by atoms with Gasteiger partial charge in [0.15, 0.2) is 0 Å². The molecule has 0 aliphatic carbocycles. The number of hydrogen-bond acceptors (Lipinski definition) is 6. The molecule has 1 fully saturated rings.